The van der Waals surface area contributed by atoms with Gasteiger partial charge in [0.1, 0.15) is 0 Å². The van der Waals surface area contributed by atoms with Crippen LogP contribution >= 0.6 is 0 Å². The van der Waals surface area contributed by atoms with Crippen LogP contribution in [0.15, 0.2) is 188 Å². The third-order valence-corrected chi connectivity index (χ3v) is 10.5. The maximum atomic E-state index is 2.41. The van der Waals surface area contributed by atoms with E-state index in [-0.39, 0.29) is 5.41 Å². The molecule has 1 aliphatic carbocycles. The van der Waals surface area contributed by atoms with Crippen molar-refractivity contribution in [3.05, 3.63) is 199 Å². The van der Waals surface area contributed by atoms with Crippen LogP contribution in [0.5, 0.6) is 0 Å². The van der Waals surface area contributed by atoms with Crippen molar-refractivity contribution in [1.82, 2.24) is 0 Å². The Morgan fingerprint density at radius 3 is 1.36 bits per heavy atom. The van der Waals surface area contributed by atoms with Gasteiger partial charge in [-0.3, -0.25) is 0 Å². The normalized spacial score (nSPS) is 12.8. The monoisotopic (exact) mass is 639 g/mol. The number of benzene rings is 8. The highest BCUT2D eigenvalue weighted by Crippen LogP contribution is 2.52. The van der Waals surface area contributed by atoms with E-state index in [1.165, 1.54) is 66.4 Å². The van der Waals surface area contributed by atoms with Crippen molar-refractivity contribution in [2.45, 2.75) is 19.3 Å². The lowest BCUT2D eigenvalue weighted by Gasteiger charge is -2.27. The van der Waals surface area contributed by atoms with Crippen LogP contribution in [-0.4, -0.2) is 0 Å². The average Bonchev–Trinajstić information content (AvgIpc) is 3.42. The minimum Gasteiger partial charge on any atom is -0.310 e. The van der Waals surface area contributed by atoms with E-state index >= 15 is 0 Å². The van der Waals surface area contributed by atoms with Crippen molar-refractivity contribution in [3.8, 4) is 44.5 Å². The standard InChI is InChI=1S/C49H37N/c1-49(2)46-31-23-40-32-43(28-30-44(40)48(46)45-29-22-39(33-47(45)49)36-16-10-5-11-17-36)50(41-24-18-37(19-25-41)34-12-6-3-7-13-34)42-26-20-38(21-27-42)35-14-8-4-9-15-35/h3-33H,1-2H3. The Morgan fingerprint density at radius 1 is 0.360 bits per heavy atom. The second-order valence-corrected chi connectivity index (χ2v) is 13.8. The van der Waals surface area contributed by atoms with Crippen LogP contribution in [0.1, 0.15) is 25.0 Å². The molecule has 8 aromatic rings. The maximum Gasteiger partial charge on any atom is 0.0468 e. The second-order valence-electron chi connectivity index (χ2n) is 13.8. The molecule has 238 valence electrons. The van der Waals surface area contributed by atoms with Gasteiger partial charge in [-0.05, 0) is 109 Å². The summed E-state index contributed by atoms with van der Waals surface area (Å²) in [4.78, 5) is 2.38. The molecule has 0 fully saturated rings. The summed E-state index contributed by atoms with van der Waals surface area (Å²) in [5, 5.41) is 2.54. The topological polar surface area (TPSA) is 3.24 Å². The zero-order valence-electron chi connectivity index (χ0n) is 28.3. The number of fused-ring (bicyclic) bond motifs is 5. The first kappa shape index (κ1) is 29.9. The summed E-state index contributed by atoms with van der Waals surface area (Å²) >= 11 is 0. The summed E-state index contributed by atoms with van der Waals surface area (Å²) in [6.45, 7) is 4.74. The van der Waals surface area contributed by atoms with Crippen molar-refractivity contribution in [2.24, 2.45) is 0 Å². The van der Waals surface area contributed by atoms with Crippen LogP contribution in [0.25, 0.3) is 55.3 Å². The lowest BCUT2D eigenvalue weighted by atomic mass is 9.81. The number of rotatable bonds is 6. The molecule has 50 heavy (non-hydrogen) atoms. The molecule has 0 aromatic heterocycles. The Balaban J connectivity index is 1.15. The SMILES string of the molecule is CC1(C)c2cc(-c3ccccc3)ccc2-c2c1ccc1cc(N(c3ccc(-c4ccccc4)cc3)c3ccc(-c4ccccc4)cc3)ccc21. The van der Waals surface area contributed by atoms with Gasteiger partial charge in [0.05, 0.1) is 0 Å². The predicted molar refractivity (Wildman–Crippen MR) is 213 cm³/mol. The van der Waals surface area contributed by atoms with Gasteiger partial charge < -0.3 is 4.90 Å². The van der Waals surface area contributed by atoms with Gasteiger partial charge in [-0.25, -0.2) is 0 Å². The molecule has 0 unspecified atom stereocenters. The fraction of sp³-hybridized carbons (Fsp3) is 0.0612. The molecular formula is C49H37N. The molecule has 0 amide bonds. The Labute approximate surface area is 294 Å². The zero-order chi connectivity index (χ0) is 33.7. The minimum atomic E-state index is -0.0879. The van der Waals surface area contributed by atoms with Crippen LogP contribution in [0.3, 0.4) is 0 Å². The van der Waals surface area contributed by atoms with E-state index in [0.29, 0.717) is 0 Å². The molecule has 0 spiro atoms. The first-order valence-electron chi connectivity index (χ1n) is 17.4. The van der Waals surface area contributed by atoms with E-state index in [1.807, 2.05) is 0 Å². The molecule has 1 heteroatoms. The molecule has 0 saturated heterocycles. The summed E-state index contributed by atoms with van der Waals surface area (Å²) in [5.41, 5.74) is 16.2. The molecule has 0 bridgehead atoms. The van der Waals surface area contributed by atoms with Crippen LogP contribution in [0.2, 0.25) is 0 Å². The second kappa shape index (κ2) is 12.1. The molecule has 0 N–H and O–H groups in total. The zero-order valence-corrected chi connectivity index (χ0v) is 28.3. The highest BCUT2D eigenvalue weighted by atomic mass is 15.1. The number of nitrogens with zero attached hydrogens (tertiary/aromatic N) is 1. The lowest BCUT2D eigenvalue weighted by molar-refractivity contribution is 0.661. The van der Waals surface area contributed by atoms with Crippen molar-refractivity contribution < 1.29 is 0 Å². The van der Waals surface area contributed by atoms with E-state index in [0.717, 1.165) is 17.1 Å². The third-order valence-electron chi connectivity index (χ3n) is 10.5. The first-order valence-corrected chi connectivity index (χ1v) is 17.4. The Bertz CT molecular complexity index is 2380. The predicted octanol–water partition coefficient (Wildman–Crippen LogP) is 13.6. The van der Waals surface area contributed by atoms with Crippen molar-refractivity contribution >= 4 is 27.8 Å². The molecule has 0 radical (unpaired) electrons. The van der Waals surface area contributed by atoms with Gasteiger partial charge >= 0.3 is 0 Å². The van der Waals surface area contributed by atoms with Gasteiger partial charge in [0.2, 0.25) is 0 Å². The molecule has 0 heterocycles. The fourth-order valence-electron chi connectivity index (χ4n) is 7.82. The average molecular weight is 640 g/mol. The van der Waals surface area contributed by atoms with Crippen LogP contribution < -0.4 is 4.90 Å². The number of hydrogen-bond donors (Lipinski definition) is 0. The molecular weight excluding hydrogens is 603 g/mol. The summed E-state index contributed by atoms with van der Waals surface area (Å²) in [5.74, 6) is 0. The Kier molecular flexibility index (Phi) is 7.21. The largest absolute Gasteiger partial charge is 0.310 e. The van der Waals surface area contributed by atoms with Gasteiger partial charge in [0, 0.05) is 22.5 Å². The smallest absolute Gasteiger partial charge is 0.0468 e. The number of hydrogen-bond acceptors (Lipinski definition) is 1. The van der Waals surface area contributed by atoms with Crippen LogP contribution in [-0.2, 0) is 5.41 Å². The quantitative estimate of drug-likeness (QED) is 0.175. The molecule has 1 aliphatic rings. The van der Waals surface area contributed by atoms with Crippen molar-refractivity contribution in [1.29, 1.82) is 0 Å². The summed E-state index contributed by atoms with van der Waals surface area (Å²) < 4.78 is 0. The number of anilines is 3. The Morgan fingerprint density at radius 2 is 0.820 bits per heavy atom. The molecule has 1 nitrogen and oxygen atoms in total. The van der Waals surface area contributed by atoms with E-state index in [1.54, 1.807) is 0 Å². The molecule has 8 aromatic carbocycles. The lowest BCUT2D eigenvalue weighted by Crippen LogP contribution is -2.15. The maximum absolute atomic E-state index is 2.41. The van der Waals surface area contributed by atoms with Gasteiger partial charge in [0.25, 0.3) is 0 Å². The van der Waals surface area contributed by atoms with Gasteiger partial charge in [-0.2, -0.15) is 0 Å². The summed E-state index contributed by atoms with van der Waals surface area (Å²) in [6.07, 6.45) is 0. The highest BCUT2D eigenvalue weighted by Gasteiger charge is 2.36. The Hall–Kier alpha value is -6.18. The van der Waals surface area contributed by atoms with Crippen LogP contribution in [0, 0.1) is 0 Å². The molecule has 0 saturated carbocycles. The molecule has 0 atom stereocenters. The highest BCUT2D eigenvalue weighted by molar-refractivity contribution is 6.04. The van der Waals surface area contributed by atoms with Crippen LogP contribution in [0.4, 0.5) is 17.1 Å². The van der Waals surface area contributed by atoms with Gasteiger partial charge in [-0.1, -0.05) is 159 Å². The first-order chi connectivity index (χ1) is 24.5. The minimum absolute atomic E-state index is 0.0879. The fourth-order valence-corrected chi connectivity index (χ4v) is 7.82. The van der Waals surface area contributed by atoms with Crippen molar-refractivity contribution in [3.63, 3.8) is 0 Å². The summed E-state index contributed by atoms with van der Waals surface area (Å²) in [7, 11) is 0. The van der Waals surface area contributed by atoms with Gasteiger partial charge in [0.15, 0.2) is 0 Å². The van der Waals surface area contributed by atoms with Crippen molar-refractivity contribution in [2.75, 3.05) is 4.90 Å². The third kappa shape index (κ3) is 5.11. The van der Waals surface area contributed by atoms with E-state index in [9.17, 15) is 0 Å². The molecule has 9 rings (SSSR count). The summed E-state index contributed by atoms with van der Waals surface area (Å²) in [6, 6.07) is 68.5. The van der Waals surface area contributed by atoms with Gasteiger partial charge in [-0.15, -0.1) is 0 Å². The van der Waals surface area contributed by atoms with E-state index in [4.69, 9.17) is 0 Å². The van der Waals surface area contributed by atoms with E-state index in [2.05, 4.69) is 207 Å². The molecule has 0 aliphatic heterocycles. The van der Waals surface area contributed by atoms with E-state index < -0.39 is 0 Å².